The molecule has 3 nitrogen and oxygen atoms in total. The molecule has 0 bridgehead atoms. The molecule has 4 N–H and O–H groups in total. The standard InChI is InChI=1S/C12H17Cl2N2O/c13-10-4-2-1-3-9(10)7-12(17,8-16-15)11(14)5-6-11/h1-4,14,16-17H,5-8,15H2/q+1. The zero-order valence-corrected chi connectivity index (χ0v) is 11.0. The normalized spacial score (nSPS) is 20.9. The van der Waals surface area contributed by atoms with Crippen LogP contribution < -0.4 is 11.3 Å². The molecule has 0 amide bonds. The summed E-state index contributed by atoms with van der Waals surface area (Å²) in [6, 6.07) is 7.49. The van der Waals surface area contributed by atoms with E-state index in [9.17, 15) is 5.11 Å². The Hall–Kier alpha value is -0.320. The number of nitrogens with two attached hydrogens (primary N) is 1. The number of alkyl halides is 1. The largest absolute Gasteiger partial charge is 0.382 e. The molecule has 0 heterocycles. The van der Waals surface area contributed by atoms with Crippen LogP contribution in [0.3, 0.4) is 0 Å². The van der Waals surface area contributed by atoms with Crippen LogP contribution in [0.2, 0.25) is 5.02 Å². The average Bonchev–Trinajstić information content (AvgIpc) is 3.02. The Kier molecular flexibility index (Phi) is 3.66. The minimum Gasteiger partial charge on any atom is -0.382 e. The van der Waals surface area contributed by atoms with Crippen molar-refractivity contribution in [3.05, 3.63) is 34.9 Å². The maximum atomic E-state index is 10.7. The van der Waals surface area contributed by atoms with Gasteiger partial charge in [-0.25, -0.2) is 0 Å². The van der Waals surface area contributed by atoms with Crippen LogP contribution in [-0.4, -0.2) is 22.1 Å². The molecule has 1 fully saturated rings. The first-order valence-electron chi connectivity index (χ1n) is 5.60. The summed E-state index contributed by atoms with van der Waals surface area (Å²) in [6.45, 7) is 0.279. The fourth-order valence-electron chi connectivity index (χ4n) is 2.09. The molecule has 17 heavy (non-hydrogen) atoms. The first kappa shape index (κ1) is 13.1. The minimum absolute atomic E-state index is 0.279. The molecule has 1 aromatic carbocycles. The Bertz CT molecular complexity index is 409. The van der Waals surface area contributed by atoms with Crippen LogP contribution in [-0.2, 0) is 6.42 Å². The lowest BCUT2D eigenvalue weighted by atomic mass is 9.89. The van der Waals surface area contributed by atoms with Crippen LogP contribution in [0.15, 0.2) is 24.3 Å². The van der Waals surface area contributed by atoms with E-state index in [1.54, 1.807) is 0 Å². The van der Waals surface area contributed by atoms with Gasteiger partial charge in [0, 0.05) is 30.8 Å². The van der Waals surface area contributed by atoms with Gasteiger partial charge in [-0.3, -0.25) is 11.3 Å². The molecule has 1 atom stereocenters. The van der Waals surface area contributed by atoms with Crippen molar-refractivity contribution in [2.24, 2.45) is 5.84 Å². The Morgan fingerprint density at radius 3 is 2.65 bits per heavy atom. The number of hydrazine groups is 1. The van der Waals surface area contributed by atoms with Gasteiger partial charge >= 0.3 is 0 Å². The van der Waals surface area contributed by atoms with Crippen molar-refractivity contribution in [2.45, 2.75) is 29.7 Å². The third kappa shape index (κ3) is 2.59. The highest BCUT2D eigenvalue weighted by molar-refractivity contribution is 6.31. The van der Waals surface area contributed by atoms with Crippen LogP contribution in [0, 0.1) is 11.6 Å². The highest BCUT2D eigenvalue weighted by atomic mass is 35.5. The zero-order chi connectivity index (χ0) is 12.5. The van der Waals surface area contributed by atoms with E-state index in [1.165, 1.54) is 0 Å². The van der Waals surface area contributed by atoms with Crippen LogP contribution in [0.25, 0.3) is 0 Å². The van der Waals surface area contributed by atoms with Gasteiger partial charge in [0.25, 0.3) is 0 Å². The topological polar surface area (TPSA) is 58.3 Å². The summed E-state index contributed by atoms with van der Waals surface area (Å²) in [6.07, 6.45) is 2.14. The number of hydrogen-bond donors (Lipinski definition) is 3. The summed E-state index contributed by atoms with van der Waals surface area (Å²) >= 11 is 11.6. The van der Waals surface area contributed by atoms with E-state index in [-0.39, 0.29) is 6.54 Å². The smallest absolute Gasteiger partial charge is 0.219 e. The summed E-state index contributed by atoms with van der Waals surface area (Å²) in [4.78, 5) is -0.460. The highest BCUT2D eigenvalue weighted by Crippen LogP contribution is 2.47. The van der Waals surface area contributed by atoms with E-state index in [2.05, 4.69) is 5.43 Å². The Morgan fingerprint density at radius 2 is 2.12 bits per heavy atom. The molecule has 5 heteroatoms. The van der Waals surface area contributed by atoms with Crippen molar-refractivity contribution in [3.8, 4) is 0 Å². The monoisotopic (exact) mass is 275 g/mol. The maximum Gasteiger partial charge on any atom is 0.219 e. The fourth-order valence-corrected chi connectivity index (χ4v) is 2.54. The van der Waals surface area contributed by atoms with Crippen LogP contribution >= 0.6 is 11.6 Å². The molecule has 1 aliphatic rings. The molecule has 0 aromatic heterocycles. The lowest BCUT2D eigenvalue weighted by molar-refractivity contribution is -0.473. The SMILES string of the molecule is NNCC(O)(Cc1ccccc1Cl)C1([ClH+])CC1. The number of rotatable bonds is 5. The van der Waals surface area contributed by atoms with Crippen LogP contribution in [0.4, 0.5) is 0 Å². The predicted octanol–water partition coefficient (Wildman–Crippen LogP) is 0.891. The quantitative estimate of drug-likeness (QED) is 0.425. The molecular formula is C12H17Cl2N2O+. The lowest BCUT2D eigenvalue weighted by Crippen LogP contribution is -2.54. The summed E-state index contributed by atoms with van der Waals surface area (Å²) in [7, 11) is 0. The van der Waals surface area contributed by atoms with Crippen molar-refractivity contribution < 1.29 is 16.7 Å². The highest BCUT2D eigenvalue weighted by Gasteiger charge is 2.65. The predicted molar refractivity (Wildman–Crippen MR) is 65.7 cm³/mol. The fraction of sp³-hybridized carbons (Fsp3) is 0.500. The minimum atomic E-state index is -1.01. The third-order valence-corrected chi connectivity index (χ3v) is 4.54. The van der Waals surface area contributed by atoms with Crippen molar-refractivity contribution in [3.63, 3.8) is 0 Å². The summed E-state index contributed by atoms with van der Waals surface area (Å²) < 4.78 is 0. The van der Waals surface area contributed by atoms with Crippen molar-refractivity contribution >= 4 is 11.6 Å². The third-order valence-electron chi connectivity index (χ3n) is 3.39. The first-order valence-corrected chi connectivity index (χ1v) is 6.39. The van der Waals surface area contributed by atoms with Gasteiger partial charge in [-0.05, 0) is 11.6 Å². The second-order valence-electron chi connectivity index (χ2n) is 4.67. The summed E-state index contributed by atoms with van der Waals surface area (Å²) in [5.74, 6) is 5.34. The van der Waals surface area contributed by atoms with Crippen molar-refractivity contribution in [1.29, 1.82) is 0 Å². The molecule has 0 aliphatic heterocycles. The Balaban J connectivity index is 2.22. The average molecular weight is 276 g/mol. The number of nitrogens with one attached hydrogen (secondary N) is 1. The van der Waals surface area contributed by atoms with E-state index < -0.39 is 10.5 Å². The number of benzene rings is 1. The molecular weight excluding hydrogens is 259 g/mol. The molecule has 0 radical (unpaired) electrons. The van der Waals surface area contributed by atoms with Crippen LogP contribution in [0.5, 0.6) is 0 Å². The summed E-state index contributed by atoms with van der Waals surface area (Å²) in [5, 5.41) is 11.3. The van der Waals surface area contributed by atoms with Gasteiger partial charge in [0.15, 0.2) is 0 Å². The van der Waals surface area contributed by atoms with Crippen molar-refractivity contribution in [1.82, 2.24) is 5.43 Å². The van der Waals surface area contributed by atoms with Gasteiger partial charge in [-0.2, -0.15) is 0 Å². The number of halogens is 2. The van der Waals surface area contributed by atoms with E-state index >= 15 is 0 Å². The number of aliphatic hydroxyl groups is 1. The molecule has 0 spiro atoms. The Labute approximate surface area is 111 Å². The van der Waals surface area contributed by atoms with Gasteiger partial charge in [-0.15, -0.1) is 0 Å². The van der Waals surface area contributed by atoms with Gasteiger partial charge in [0.1, 0.15) is 17.2 Å². The van der Waals surface area contributed by atoms with Crippen LogP contribution in [0.1, 0.15) is 18.4 Å². The lowest BCUT2D eigenvalue weighted by Gasteiger charge is -2.28. The van der Waals surface area contributed by atoms with Gasteiger partial charge in [-0.1, -0.05) is 29.8 Å². The molecule has 94 valence electrons. The molecule has 2 rings (SSSR count). The molecule has 1 aliphatic carbocycles. The van der Waals surface area contributed by atoms with E-state index in [0.29, 0.717) is 11.4 Å². The van der Waals surface area contributed by atoms with Gasteiger partial charge in [0.05, 0.1) is 0 Å². The van der Waals surface area contributed by atoms with Gasteiger partial charge < -0.3 is 5.11 Å². The van der Waals surface area contributed by atoms with E-state index in [0.717, 1.165) is 18.4 Å². The first-order chi connectivity index (χ1) is 8.01. The Morgan fingerprint density at radius 1 is 1.47 bits per heavy atom. The maximum absolute atomic E-state index is 10.7. The molecule has 1 aromatic rings. The van der Waals surface area contributed by atoms with E-state index in [4.69, 9.17) is 29.0 Å². The molecule has 1 unspecified atom stereocenters. The second-order valence-corrected chi connectivity index (χ2v) is 5.86. The summed E-state index contributed by atoms with van der Waals surface area (Å²) in [5.41, 5.74) is 2.43. The zero-order valence-electron chi connectivity index (χ0n) is 9.45. The second kappa shape index (κ2) is 4.75. The number of hydrogen-bond acceptors (Lipinski definition) is 3. The van der Waals surface area contributed by atoms with E-state index in [1.807, 2.05) is 24.3 Å². The van der Waals surface area contributed by atoms with Crippen molar-refractivity contribution in [2.75, 3.05) is 6.54 Å². The van der Waals surface area contributed by atoms with Gasteiger partial charge in [0.2, 0.25) is 4.87 Å². The molecule has 0 saturated heterocycles. The molecule has 1 saturated carbocycles.